The number of nitrogens with one attached hydrogen (secondary N) is 1. The molecule has 0 fully saturated rings. The van der Waals surface area contributed by atoms with E-state index < -0.39 is 12.7 Å². The van der Waals surface area contributed by atoms with Crippen LogP contribution in [-0.2, 0) is 6.54 Å². The number of anilines is 1. The van der Waals surface area contributed by atoms with Crippen molar-refractivity contribution in [1.29, 1.82) is 0 Å². The number of benzene rings is 1. The molecule has 0 bridgehead atoms. The van der Waals surface area contributed by atoms with E-state index in [1.54, 1.807) is 25.1 Å². The van der Waals surface area contributed by atoms with Crippen molar-refractivity contribution in [2.75, 3.05) is 18.0 Å². The van der Waals surface area contributed by atoms with Gasteiger partial charge in [0.25, 0.3) is 0 Å². The summed E-state index contributed by atoms with van der Waals surface area (Å²) in [6, 6.07) is 5.32. The molecule has 0 amide bonds. The standard InChI is InChI=1S/C14H20ClF3N2/c1-4-20(9-14(16,17)18)13-7-12(15)6-5-11(13)8-19-10(2)3/h5-7,10,19H,4,8-9H2,1-3H3. The van der Waals surface area contributed by atoms with Crippen molar-refractivity contribution in [1.82, 2.24) is 5.32 Å². The minimum Gasteiger partial charge on any atom is -0.363 e. The molecule has 0 saturated carbocycles. The first-order chi connectivity index (χ1) is 9.23. The molecular formula is C14H20ClF3N2. The van der Waals surface area contributed by atoms with E-state index in [1.807, 2.05) is 13.8 Å². The van der Waals surface area contributed by atoms with Gasteiger partial charge >= 0.3 is 6.18 Å². The topological polar surface area (TPSA) is 15.3 Å². The van der Waals surface area contributed by atoms with Gasteiger partial charge in [0.15, 0.2) is 0 Å². The van der Waals surface area contributed by atoms with Gasteiger partial charge in [0.2, 0.25) is 0 Å². The lowest BCUT2D eigenvalue weighted by atomic mass is 10.1. The van der Waals surface area contributed by atoms with Gasteiger partial charge in [0.1, 0.15) is 6.54 Å². The van der Waals surface area contributed by atoms with Crippen LogP contribution >= 0.6 is 11.6 Å². The average molecular weight is 309 g/mol. The van der Waals surface area contributed by atoms with Crippen molar-refractivity contribution in [2.24, 2.45) is 0 Å². The number of hydrogen-bond acceptors (Lipinski definition) is 2. The highest BCUT2D eigenvalue weighted by atomic mass is 35.5. The number of hydrogen-bond donors (Lipinski definition) is 1. The van der Waals surface area contributed by atoms with Crippen LogP contribution in [0, 0.1) is 0 Å². The molecule has 0 saturated heterocycles. The maximum atomic E-state index is 12.6. The minimum atomic E-state index is -4.24. The quantitative estimate of drug-likeness (QED) is 0.846. The van der Waals surface area contributed by atoms with Crippen molar-refractivity contribution in [2.45, 2.75) is 39.5 Å². The van der Waals surface area contributed by atoms with Gasteiger partial charge in [-0.3, -0.25) is 0 Å². The van der Waals surface area contributed by atoms with Crippen LogP contribution in [0.3, 0.4) is 0 Å². The van der Waals surface area contributed by atoms with Crippen LogP contribution < -0.4 is 10.2 Å². The van der Waals surface area contributed by atoms with Gasteiger partial charge in [-0.2, -0.15) is 13.2 Å². The van der Waals surface area contributed by atoms with Gasteiger partial charge in [-0.05, 0) is 24.6 Å². The molecule has 0 aliphatic rings. The predicted molar refractivity (Wildman–Crippen MR) is 77.4 cm³/mol. The largest absolute Gasteiger partial charge is 0.405 e. The van der Waals surface area contributed by atoms with Gasteiger partial charge in [-0.1, -0.05) is 31.5 Å². The van der Waals surface area contributed by atoms with Crippen LogP contribution in [0.2, 0.25) is 5.02 Å². The molecule has 0 spiro atoms. The molecule has 114 valence electrons. The van der Waals surface area contributed by atoms with Crippen molar-refractivity contribution in [3.63, 3.8) is 0 Å². The van der Waals surface area contributed by atoms with Gasteiger partial charge in [-0.15, -0.1) is 0 Å². The third-order valence-electron chi connectivity index (χ3n) is 2.84. The highest BCUT2D eigenvalue weighted by Crippen LogP contribution is 2.28. The summed E-state index contributed by atoms with van der Waals surface area (Å²) in [5.74, 6) is 0. The first-order valence-corrected chi connectivity index (χ1v) is 6.94. The summed E-state index contributed by atoms with van der Waals surface area (Å²) in [5.41, 5.74) is 1.35. The molecule has 1 N–H and O–H groups in total. The van der Waals surface area contributed by atoms with Crippen LogP contribution in [0.25, 0.3) is 0 Å². The van der Waals surface area contributed by atoms with Crippen LogP contribution in [0.1, 0.15) is 26.3 Å². The maximum absolute atomic E-state index is 12.6. The number of rotatable bonds is 6. The fourth-order valence-electron chi connectivity index (χ4n) is 1.88. The van der Waals surface area contributed by atoms with Crippen LogP contribution in [-0.4, -0.2) is 25.3 Å². The molecule has 0 radical (unpaired) electrons. The Labute approximate surface area is 122 Å². The fraction of sp³-hybridized carbons (Fsp3) is 0.571. The average Bonchev–Trinajstić information content (AvgIpc) is 2.33. The highest BCUT2D eigenvalue weighted by Gasteiger charge is 2.31. The van der Waals surface area contributed by atoms with Crippen LogP contribution in [0.4, 0.5) is 18.9 Å². The second kappa shape index (κ2) is 7.18. The monoisotopic (exact) mass is 308 g/mol. The smallest absolute Gasteiger partial charge is 0.363 e. The van der Waals surface area contributed by atoms with Crippen LogP contribution in [0.15, 0.2) is 18.2 Å². The van der Waals surface area contributed by atoms with E-state index in [0.29, 0.717) is 17.3 Å². The maximum Gasteiger partial charge on any atom is 0.405 e. The molecule has 0 unspecified atom stereocenters. The summed E-state index contributed by atoms with van der Waals surface area (Å²) in [7, 11) is 0. The zero-order valence-corrected chi connectivity index (χ0v) is 12.6. The van der Waals surface area contributed by atoms with Gasteiger partial charge in [0, 0.05) is 29.8 Å². The lowest BCUT2D eigenvalue weighted by Gasteiger charge is -2.27. The minimum absolute atomic E-state index is 0.260. The highest BCUT2D eigenvalue weighted by molar-refractivity contribution is 6.30. The third kappa shape index (κ3) is 5.59. The Morgan fingerprint density at radius 3 is 2.45 bits per heavy atom. The van der Waals surface area contributed by atoms with Gasteiger partial charge < -0.3 is 10.2 Å². The number of alkyl halides is 3. The molecule has 1 rings (SSSR count). The zero-order valence-electron chi connectivity index (χ0n) is 11.9. The van der Waals surface area contributed by atoms with Crippen molar-refractivity contribution in [3.05, 3.63) is 28.8 Å². The van der Waals surface area contributed by atoms with E-state index in [9.17, 15) is 13.2 Å². The van der Waals surface area contributed by atoms with Gasteiger partial charge in [0.05, 0.1) is 0 Å². The Bertz CT molecular complexity index is 433. The molecule has 0 heterocycles. The summed E-state index contributed by atoms with van der Waals surface area (Å²) in [5, 5.41) is 3.65. The molecule has 6 heteroatoms. The van der Waals surface area contributed by atoms with Crippen molar-refractivity contribution >= 4 is 17.3 Å². The van der Waals surface area contributed by atoms with E-state index in [4.69, 9.17) is 11.6 Å². The molecule has 20 heavy (non-hydrogen) atoms. The Morgan fingerprint density at radius 2 is 1.95 bits per heavy atom. The normalized spacial score (nSPS) is 12.0. The Kier molecular flexibility index (Phi) is 6.14. The van der Waals surface area contributed by atoms with Gasteiger partial charge in [-0.25, -0.2) is 0 Å². The third-order valence-corrected chi connectivity index (χ3v) is 3.08. The molecular weight excluding hydrogens is 289 g/mol. The SMILES string of the molecule is CCN(CC(F)(F)F)c1cc(Cl)ccc1CNC(C)C. The Morgan fingerprint density at radius 1 is 1.30 bits per heavy atom. The zero-order chi connectivity index (χ0) is 15.3. The summed E-state index contributed by atoms with van der Waals surface area (Å²) < 4.78 is 37.9. The van der Waals surface area contributed by atoms with Crippen LogP contribution in [0.5, 0.6) is 0 Å². The summed E-state index contributed by atoms with van der Waals surface area (Å²) in [6.45, 7) is 5.49. The summed E-state index contributed by atoms with van der Waals surface area (Å²) >= 11 is 5.92. The second-order valence-electron chi connectivity index (χ2n) is 4.94. The van der Waals surface area contributed by atoms with Crippen molar-refractivity contribution < 1.29 is 13.2 Å². The first-order valence-electron chi connectivity index (χ1n) is 6.56. The van der Waals surface area contributed by atoms with Crippen molar-refractivity contribution in [3.8, 4) is 0 Å². The molecule has 2 nitrogen and oxygen atoms in total. The first kappa shape index (κ1) is 17.1. The molecule has 0 aliphatic heterocycles. The molecule has 1 aromatic carbocycles. The lowest BCUT2D eigenvalue weighted by Crippen LogP contribution is -2.35. The van der Waals surface area contributed by atoms with E-state index >= 15 is 0 Å². The lowest BCUT2D eigenvalue weighted by molar-refractivity contribution is -0.119. The van der Waals surface area contributed by atoms with E-state index in [0.717, 1.165) is 5.56 Å². The molecule has 0 atom stereocenters. The molecule has 0 aliphatic carbocycles. The number of nitrogens with zero attached hydrogens (tertiary/aromatic N) is 1. The second-order valence-corrected chi connectivity index (χ2v) is 5.37. The predicted octanol–water partition coefficient (Wildman–Crippen LogP) is 4.23. The number of halogens is 4. The van der Waals surface area contributed by atoms with E-state index in [2.05, 4.69) is 5.32 Å². The summed E-state index contributed by atoms with van der Waals surface area (Å²) in [6.07, 6.45) is -4.24. The molecule has 0 aromatic heterocycles. The Balaban J connectivity index is 3.02. The van der Waals surface area contributed by atoms with E-state index in [1.165, 1.54) is 4.90 Å². The van der Waals surface area contributed by atoms with E-state index in [-0.39, 0.29) is 12.6 Å². The molecule has 1 aromatic rings. The fourth-order valence-corrected chi connectivity index (χ4v) is 2.05. The summed E-state index contributed by atoms with van der Waals surface area (Å²) in [4.78, 5) is 1.29. The Hall–Kier alpha value is -0.940.